The quantitative estimate of drug-likeness (QED) is 0.143. The first kappa shape index (κ1) is 31.9. The van der Waals surface area contributed by atoms with Gasteiger partial charge < -0.3 is 9.47 Å². The lowest BCUT2D eigenvalue weighted by Gasteiger charge is -2.19. The Morgan fingerprint density at radius 2 is 0.735 bits per heavy atom. The Morgan fingerprint density at radius 3 is 1.04 bits per heavy atom. The minimum Gasteiger partial charge on any atom is -0.497 e. The third-order valence-corrected chi connectivity index (χ3v) is 12.4. The number of benzene rings is 8. The normalized spacial score (nSPS) is 11.5. The molecule has 8 aromatic rings. The summed E-state index contributed by atoms with van der Waals surface area (Å²) < 4.78 is 13.8. The Bertz CT molecular complexity index is 2250. The van der Waals surface area contributed by atoms with E-state index >= 15 is 0 Å². The number of hydrogen-bond donors (Lipinski definition) is 0. The molecule has 0 saturated carbocycles. The summed E-state index contributed by atoms with van der Waals surface area (Å²) in [7, 11) is 3.48. The van der Waals surface area contributed by atoms with Gasteiger partial charge in [0.15, 0.2) is 0 Å². The third-order valence-electron chi connectivity index (χ3n) is 9.44. The lowest BCUT2D eigenvalue weighted by atomic mass is 9.92. The fourth-order valence-corrected chi connectivity index (χ4v) is 9.47. The van der Waals surface area contributed by atoms with E-state index in [1.165, 1.54) is 75.1 Å². The fourth-order valence-electron chi connectivity index (χ4n) is 7.05. The molecule has 0 bridgehead atoms. The van der Waals surface area contributed by atoms with Gasteiger partial charge in [0.25, 0.3) is 0 Å². The van der Waals surface area contributed by atoms with E-state index in [4.69, 9.17) is 9.47 Å². The second-order valence-electron chi connectivity index (χ2n) is 12.2. The van der Waals surface area contributed by atoms with Crippen LogP contribution in [0.3, 0.4) is 0 Å². The Kier molecular flexibility index (Phi) is 8.83. The first-order valence-corrected chi connectivity index (χ1v) is 18.6. The average Bonchev–Trinajstić information content (AvgIpc) is 3.16. The smallest absolute Gasteiger partial charge is 0.119 e. The van der Waals surface area contributed by atoms with Crippen LogP contribution in [0.4, 0.5) is 0 Å². The highest BCUT2D eigenvalue weighted by atomic mass is 79.9. The molecule has 0 N–H and O–H groups in total. The molecule has 5 heteroatoms. The van der Waals surface area contributed by atoms with Crippen LogP contribution in [-0.2, 0) is 12.8 Å². The number of ether oxygens (including phenoxy) is 2. The molecule has 0 unspecified atom stereocenters. The molecule has 0 aliphatic carbocycles. The van der Waals surface area contributed by atoms with Crippen molar-refractivity contribution in [3.8, 4) is 11.5 Å². The van der Waals surface area contributed by atoms with Gasteiger partial charge in [-0.1, -0.05) is 109 Å². The zero-order valence-electron chi connectivity index (χ0n) is 27.1. The molecule has 49 heavy (non-hydrogen) atoms. The maximum absolute atomic E-state index is 5.78. The zero-order valence-corrected chi connectivity index (χ0v) is 31.1. The van der Waals surface area contributed by atoms with Crippen LogP contribution in [-0.4, -0.2) is 14.2 Å². The molecule has 0 aromatic heterocycles. The predicted molar refractivity (Wildman–Crippen MR) is 214 cm³/mol. The van der Waals surface area contributed by atoms with E-state index in [2.05, 4.69) is 165 Å². The van der Waals surface area contributed by atoms with Gasteiger partial charge in [0.1, 0.15) is 11.5 Å². The average molecular weight is 785 g/mol. The highest BCUT2D eigenvalue weighted by Crippen LogP contribution is 2.43. The lowest BCUT2D eigenvalue weighted by Crippen LogP contribution is -1.99. The summed E-state index contributed by atoms with van der Waals surface area (Å²) in [6.07, 6.45) is 1.53. The molecule has 2 nitrogen and oxygen atoms in total. The van der Waals surface area contributed by atoms with E-state index in [0.717, 1.165) is 33.3 Å². The second kappa shape index (κ2) is 13.5. The molecule has 0 heterocycles. The molecule has 0 atom stereocenters. The van der Waals surface area contributed by atoms with E-state index in [-0.39, 0.29) is 0 Å². The number of rotatable bonds is 8. The third kappa shape index (κ3) is 5.88. The molecular formula is C44H32Br2O2S. The molecule has 240 valence electrons. The maximum Gasteiger partial charge on any atom is 0.119 e. The van der Waals surface area contributed by atoms with Crippen molar-refractivity contribution in [2.45, 2.75) is 22.6 Å². The van der Waals surface area contributed by atoms with Crippen molar-refractivity contribution in [2.24, 2.45) is 0 Å². The number of halogens is 2. The molecule has 0 amide bonds. The first-order valence-electron chi connectivity index (χ1n) is 16.2. The molecule has 8 rings (SSSR count). The summed E-state index contributed by atoms with van der Waals surface area (Å²) in [6, 6.07) is 47.7. The summed E-state index contributed by atoms with van der Waals surface area (Å²) in [5, 5.41) is 9.91. The van der Waals surface area contributed by atoms with E-state index in [1.807, 2.05) is 11.8 Å². The van der Waals surface area contributed by atoms with E-state index in [1.54, 1.807) is 14.2 Å². The molecule has 0 spiro atoms. The standard InChI is InChI=1S/C44H32Br2O2S/c1-47-29-19-21-41(27(23-29)25-39-31-11-3-7-15-35(31)43(45)36-16-8-4-12-32(36)39)49-42-22-20-30(48-2)24-28(42)26-40-33-13-5-9-17-37(33)44(46)38-18-10-6-14-34(38)40/h3-24H,25-26H2,1-2H3. The van der Waals surface area contributed by atoms with Gasteiger partial charge in [-0.25, -0.2) is 0 Å². The summed E-state index contributed by atoms with van der Waals surface area (Å²) in [6.45, 7) is 0. The highest BCUT2D eigenvalue weighted by Gasteiger charge is 2.18. The Balaban J connectivity index is 1.26. The van der Waals surface area contributed by atoms with E-state index in [9.17, 15) is 0 Å². The summed E-state index contributed by atoms with van der Waals surface area (Å²) in [5.41, 5.74) is 5.08. The first-order chi connectivity index (χ1) is 24.0. The maximum atomic E-state index is 5.78. The van der Waals surface area contributed by atoms with E-state index in [0.29, 0.717) is 0 Å². The monoisotopic (exact) mass is 782 g/mol. The minimum atomic E-state index is 0.765. The van der Waals surface area contributed by atoms with Crippen LogP contribution in [0, 0.1) is 0 Å². The van der Waals surface area contributed by atoms with Crippen molar-refractivity contribution in [3.63, 3.8) is 0 Å². The molecule has 8 aromatic carbocycles. The van der Waals surface area contributed by atoms with Gasteiger partial charge in [-0.05, 0) is 146 Å². The number of methoxy groups -OCH3 is 2. The summed E-state index contributed by atoms with van der Waals surface area (Å²) in [4.78, 5) is 2.41. The number of fused-ring (bicyclic) bond motifs is 4. The van der Waals surface area contributed by atoms with Gasteiger partial charge in [-0.3, -0.25) is 0 Å². The van der Waals surface area contributed by atoms with Gasteiger partial charge >= 0.3 is 0 Å². The Labute approximate surface area is 307 Å². The van der Waals surface area contributed by atoms with Gasteiger partial charge in [-0.2, -0.15) is 0 Å². The van der Waals surface area contributed by atoms with Crippen molar-refractivity contribution in [2.75, 3.05) is 14.2 Å². The number of hydrogen-bond acceptors (Lipinski definition) is 3. The fraction of sp³-hybridized carbons (Fsp3) is 0.0909. The lowest BCUT2D eigenvalue weighted by molar-refractivity contribution is 0.414. The zero-order chi connectivity index (χ0) is 33.5. The van der Waals surface area contributed by atoms with Crippen molar-refractivity contribution < 1.29 is 9.47 Å². The van der Waals surface area contributed by atoms with Crippen LogP contribution in [0.2, 0.25) is 0 Å². The SMILES string of the molecule is COc1ccc(Sc2ccc(OC)cc2Cc2c3ccccc3c(Br)c3ccccc23)c(Cc2c3ccccc3c(Br)c3ccccc23)c1. The van der Waals surface area contributed by atoms with Crippen LogP contribution >= 0.6 is 43.6 Å². The summed E-state index contributed by atoms with van der Waals surface area (Å²) >= 11 is 9.67. The van der Waals surface area contributed by atoms with Gasteiger partial charge in [0.05, 0.1) is 14.2 Å². The molecule has 0 radical (unpaired) electrons. The molecule has 0 fully saturated rings. The highest BCUT2D eigenvalue weighted by molar-refractivity contribution is 9.11. The molecule has 0 saturated heterocycles. The van der Waals surface area contributed by atoms with E-state index < -0.39 is 0 Å². The van der Waals surface area contributed by atoms with Gasteiger partial charge in [-0.15, -0.1) is 0 Å². The Morgan fingerprint density at radius 1 is 0.429 bits per heavy atom. The Hall–Kier alpha value is -4.29. The topological polar surface area (TPSA) is 18.5 Å². The van der Waals surface area contributed by atoms with Crippen LogP contribution in [0.25, 0.3) is 43.1 Å². The van der Waals surface area contributed by atoms with Crippen LogP contribution in [0.1, 0.15) is 22.3 Å². The van der Waals surface area contributed by atoms with Crippen LogP contribution in [0.5, 0.6) is 11.5 Å². The largest absolute Gasteiger partial charge is 0.497 e. The van der Waals surface area contributed by atoms with Crippen molar-refractivity contribution in [3.05, 3.63) is 165 Å². The van der Waals surface area contributed by atoms with Gasteiger partial charge in [0, 0.05) is 18.7 Å². The summed E-state index contributed by atoms with van der Waals surface area (Å²) in [5.74, 6) is 1.71. The van der Waals surface area contributed by atoms with Crippen LogP contribution in [0.15, 0.2) is 152 Å². The van der Waals surface area contributed by atoms with Crippen LogP contribution < -0.4 is 9.47 Å². The van der Waals surface area contributed by atoms with Gasteiger partial charge in [0.2, 0.25) is 0 Å². The second-order valence-corrected chi connectivity index (χ2v) is 14.8. The molecule has 0 aliphatic rings. The van der Waals surface area contributed by atoms with Crippen molar-refractivity contribution in [1.82, 2.24) is 0 Å². The molecule has 0 aliphatic heterocycles. The van der Waals surface area contributed by atoms with Crippen molar-refractivity contribution in [1.29, 1.82) is 0 Å². The minimum absolute atomic E-state index is 0.765. The van der Waals surface area contributed by atoms with Crippen molar-refractivity contribution >= 4 is 86.7 Å². The predicted octanol–water partition coefficient (Wildman–Crippen LogP) is 13.2. The molecular weight excluding hydrogens is 752 g/mol.